The van der Waals surface area contributed by atoms with Crippen molar-refractivity contribution in [2.45, 2.75) is 19.5 Å². The number of guanidine groups is 1. The SMILES string of the molecule is CN=C(NCc1cccc(OCCN2CCOCC2)c1)NC(C)COC. The van der Waals surface area contributed by atoms with Gasteiger partial charge < -0.3 is 24.8 Å². The highest BCUT2D eigenvalue weighted by Crippen LogP contribution is 2.13. The fourth-order valence-electron chi connectivity index (χ4n) is 2.77. The molecule has 1 aromatic rings. The Morgan fingerprint density at radius 3 is 2.88 bits per heavy atom. The number of methoxy groups -OCH3 is 1. The van der Waals surface area contributed by atoms with Crippen LogP contribution in [0.15, 0.2) is 29.3 Å². The molecule has 7 nitrogen and oxygen atoms in total. The second kappa shape index (κ2) is 11.7. The molecule has 1 saturated heterocycles. The molecule has 0 spiro atoms. The van der Waals surface area contributed by atoms with Gasteiger partial charge in [0.25, 0.3) is 0 Å². The van der Waals surface area contributed by atoms with Crippen LogP contribution in [-0.4, -0.2) is 77.1 Å². The quantitative estimate of drug-likeness (QED) is 0.505. The topological polar surface area (TPSA) is 67.4 Å². The van der Waals surface area contributed by atoms with E-state index in [-0.39, 0.29) is 6.04 Å². The maximum atomic E-state index is 5.91. The van der Waals surface area contributed by atoms with Gasteiger partial charge in [0.1, 0.15) is 12.4 Å². The second-order valence-corrected chi connectivity index (χ2v) is 6.38. The van der Waals surface area contributed by atoms with E-state index in [4.69, 9.17) is 14.2 Å². The molecule has 0 aromatic heterocycles. The van der Waals surface area contributed by atoms with Crippen molar-refractivity contribution in [2.75, 3.05) is 60.2 Å². The Bertz CT molecular complexity index is 547. The first-order valence-corrected chi connectivity index (χ1v) is 9.19. The van der Waals surface area contributed by atoms with Crippen molar-refractivity contribution in [2.24, 2.45) is 4.99 Å². The molecule has 1 atom stereocenters. The van der Waals surface area contributed by atoms with Gasteiger partial charge in [-0.15, -0.1) is 0 Å². The van der Waals surface area contributed by atoms with Crippen molar-refractivity contribution in [3.8, 4) is 5.75 Å². The first-order valence-electron chi connectivity index (χ1n) is 9.19. The van der Waals surface area contributed by atoms with Crippen LogP contribution >= 0.6 is 0 Å². The molecule has 1 heterocycles. The number of hydrogen-bond acceptors (Lipinski definition) is 5. The molecule has 0 amide bonds. The fraction of sp³-hybridized carbons (Fsp3) is 0.632. The number of morpholine rings is 1. The molecule has 1 fully saturated rings. The van der Waals surface area contributed by atoms with Gasteiger partial charge in [0.05, 0.1) is 19.8 Å². The van der Waals surface area contributed by atoms with Crippen molar-refractivity contribution in [1.82, 2.24) is 15.5 Å². The van der Waals surface area contributed by atoms with Gasteiger partial charge in [-0.2, -0.15) is 0 Å². The smallest absolute Gasteiger partial charge is 0.191 e. The lowest BCUT2D eigenvalue weighted by Crippen LogP contribution is -2.43. The Labute approximate surface area is 156 Å². The third-order valence-corrected chi connectivity index (χ3v) is 4.16. The van der Waals surface area contributed by atoms with Crippen molar-refractivity contribution in [3.05, 3.63) is 29.8 Å². The highest BCUT2D eigenvalue weighted by Gasteiger charge is 2.10. The third-order valence-electron chi connectivity index (χ3n) is 4.16. The summed E-state index contributed by atoms with van der Waals surface area (Å²) in [6.07, 6.45) is 0. The summed E-state index contributed by atoms with van der Waals surface area (Å²) in [7, 11) is 3.46. The van der Waals surface area contributed by atoms with Crippen LogP contribution in [0.25, 0.3) is 0 Å². The van der Waals surface area contributed by atoms with Gasteiger partial charge >= 0.3 is 0 Å². The van der Waals surface area contributed by atoms with E-state index < -0.39 is 0 Å². The average molecular weight is 364 g/mol. The molecule has 0 aliphatic carbocycles. The van der Waals surface area contributed by atoms with Crippen molar-refractivity contribution < 1.29 is 14.2 Å². The van der Waals surface area contributed by atoms with Gasteiger partial charge in [0, 0.05) is 46.4 Å². The van der Waals surface area contributed by atoms with E-state index >= 15 is 0 Å². The zero-order valence-corrected chi connectivity index (χ0v) is 16.2. The van der Waals surface area contributed by atoms with Crippen LogP contribution < -0.4 is 15.4 Å². The summed E-state index contributed by atoms with van der Waals surface area (Å²) in [6.45, 7) is 8.60. The van der Waals surface area contributed by atoms with E-state index in [1.165, 1.54) is 0 Å². The van der Waals surface area contributed by atoms with E-state index in [0.29, 0.717) is 19.8 Å². The molecule has 0 radical (unpaired) electrons. The van der Waals surface area contributed by atoms with Gasteiger partial charge in [0.15, 0.2) is 5.96 Å². The molecule has 1 aliphatic rings. The molecule has 7 heteroatoms. The standard InChI is InChI=1S/C19H32N4O3/c1-16(15-24-3)22-19(20-2)21-14-17-5-4-6-18(13-17)26-12-9-23-7-10-25-11-8-23/h4-6,13,16H,7-12,14-15H2,1-3H3,(H2,20,21,22). The number of aliphatic imine (C=N–C) groups is 1. The van der Waals surface area contributed by atoms with Crippen LogP contribution in [0, 0.1) is 0 Å². The second-order valence-electron chi connectivity index (χ2n) is 6.38. The third kappa shape index (κ3) is 7.59. The zero-order valence-electron chi connectivity index (χ0n) is 16.2. The predicted octanol–water partition coefficient (Wildman–Crippen LogP) is 1.10. The maximum Gasteiger partial charge on any atom is 0.191 e. The number of benzene rings is 1. The van der Waals surface area contributed by atoms with Gasteiger partial charge in [-0.3, -0.25) is 9.89 Å². The van der Waals surface area contributed by atoms with Crippen LogP contribution in [0.2, 0.25) is 0 Å². The van der Waals surface area contributed by atoms with E-state index in [0.717, 1.165) is 50.1 Å². The summed E-state index contributed by atoms with van der Waals surface area (Å²) < 4.78 is 16.4. The number of nitrogens with zero attached hydrogens (tertiary/aromatic N) is 2. The Hall–Kier alpha value is -1.83. The molecular weight excluding hydrogens is 332 g/mol. The van der Waals surface area contributed by atoms with Crippen molar-refractivity contribution >= 4 is 5.96 Å². The molecule has 1 aromatic carbocycles. The Morgan fingerprint density at radius 1 is 1.35 bits per heavy atom. The van der Waals surface area contributed by atoms with Gasteiger partial charge in [0.2, 0.25) is 0 Å². The fourth-order valence-corrected chi connectivity index (χ4v) is 2.77. The van der Waals surface area contributed by atoms with Gasteiger partial charge in [-0.05, 0) is 24.6 Å². The van der Waals surface area contributed by atoms with Gasteiger partial charge in [-0.1, -0.05) is 12.1 Å². The minimum absolute atomic E-state index is 0.195. The number of rotatable bonds is 9. The number of hydrogen-bond donors (Lipinski definition) is 2. The lowest BCUT2D eigenvalue weighted by atomic mass is 10.2. The lowest BCUT2D eigenvalue weighted by Gasteiger charge is -2.26. The van der Waals surface area contributed by atoms with E-state index in [2.05, 4.69) is 39.6 Å². The molecule has 1 unspecified atom stereocenters. The molecule has 1 aliphatic heterocycles. The van der Waals surface area contributed by atoms with E-state index in [9.17, 15) is 0 Å². The summed E-state index contributed by atoms with van der Waals surface area (Å²) in [4.78, 5) is 6.61. The molecule has 26 heavy (non-hydrogen) atoms. The van der Waals surface area contributed by atoms with E-state index in [1.54, 1.807) is 14.2 Å². The van der Waals surface area contributed by atoms with Crippen molar-refractivity contribution in [3.63, 3.8) is 0 Å². The molecule has 0 saturated carbocycles. The molecule has 146 valence electrons. The minimum atomic E-state index is 0.195. The highest BCUT2D eigenvalue weighted by molar-refractivity contribution is 5.79. The first-order chi connectivity index (χ1) is 12.7. The number of nitrogens with one attached hydrogen (secondary N) is 2. The number of ether oxygens (including phenoxy) is 3. The predicted molar refractivity (Wildman–Crippen MR) is 104 cm³/mol. The largest absolute Gasteiger partial charge is 0.492 e. The van der Waals surface area contributed by atoms with Crippen LogP contribution in [0.4, 0.5) is 0 Å². The summed E-state index contributed by atoms with van der Waals surface area (Å²) in [5.41, 5.74) is 1.15. The molecule has 2 rings (SSSR count). The normalized spacial score (nSPS) is 17.0. The van der Waals surface area contributed by atoms with Gasteiger partial charge in [-0.25, -0.2) is 0 Å². The molecular formula is C19H32N4O3. The Morgan fingerprint density at radius 2 is 2.15 bits per heavy atom. The van der Waals surface area contributed by atoms with Crippen LogP contribution in [0.5, 0.6) is 5.75 Å². The molecule has 0 bridgehead atoms. The Kier molecular flexibility index (Phi) is 9.23. The lowest BCUT2D eigenvalue weighted by molar-refractivity contribution is 0.0322. The maximum absolute atomic E-state index is 5.91. The summed E-state index contributed by atoms with van der Waals surface area (Å²) >= 11 is 0. The molecule has 2 N–H and O–H groups in total. The van der Waals surface area contributed by atoms with E-state index in [1.807, 2.05) is 12.1 Å². The highest BCUT2D eigenvalue weighted by atomic mass is 16.5. The zero-order chi connectivity index (χ0) is 18.6. The van der Waals surface area contributed by atoms with Crippen LogP contribution in [-0.2, 0) is 16.0 Å². The Balaban J connectivity index is 1.75. The van der Waals surface area contributed by atoms with Crippen LogP contribution in [0.3, 0.4) is 0 Å². The first kappa shape index (κ1) is 20.5. The van der Waals surface area contributed by atoms with Crippen molar-refractivity contribution in [1.29, 1.82) is 0 Å². The average Bonchev–Trinajstić information content (AvgIpc) is 2.66. The minimum Gasteiger partial charge on any atom is -0.492 e. The summed E-state index contributed by atoms with van der Waals surface area (Å²) in [5.74, 6) is 1.65. The van der Waals surface area contributed by atoms with Crippen LogP contribution in [0.1, 0.15) is 12.5 Å². The monoisotopic (exact) mass is 364 g/mol. The summed E-state index contributed by atoms with van der Waals surface area (Å²) in [6, 6.07) is 8.36. The summed E-state index contributed by atoms with van der Waals surface area (Å²) in [5, 5.41) is 6.61.